The van der Waals surface area contributed by atoms with Gasteiger partial charge in [-0.1, -0.05) is 35.8 Å². The van der Waals surface area contributed by atoms with Gasteiger partial charge in [0.25, 0.3) is 17.4 Å². The Bertz CT molecular complexity index is 1490. The number of nitrogens with zero attached hydrogens (tertiary/aromatic N) is 2. The Morgan fingerprint density at radius 1 is 1.03 bits per heavy atom. The zero-order chi connectivity index (χ0) is 25.2. The average Bonchev–Trinajstić information content (AvgIpc) is 3.29. The zero-order valence-corrected chi connectivity index (χ0v) is 20.5. The Labute approximate surface area is 208 Å². The van der Waals surface area contributed by atoms with Crippen LogP contribution in [0.25, 0.3) is 21.8 Å². The number of amides is 2. The number of aromatic nitrogens is 2. The normalized spacial score (nSPS) is 17.8. The molecule has 2 unspecified atom stereocenters. The molecule has 1 fully saturated rings. The van der Waals surface area contributed by atoms with Crippen LogP contribution in [0.1, 0.15) is 65.1 Å². The molecule has 2 atom stereocenters. The third-order valence-electron chi connectivity index (χ3n) is 7.12. The first-order valence-corrected chi connectivity index (χ1v) is 12.5. The molecular formula is C28H30N4O4. The summed E-state index contributed by atoms with van der Waals surface area (Å²) in [5.74, 6) is 0.386. The van der Waals surface area contributed by atoms with Gasteiger partial charge in [0.1, 0.15) is 16.7 Å². The van der Waals surface area contributed by atoms with Crippen molar-refractivity contribution in [1.29, 1.82) is 0 Å². The number of hydrogen-bond donors (Lipinski definition) is 2. The minimum absolute atomic E-state index is 0.0597. The van der Waals surface area contributed by atoms with Gasteiger partial charge in [0, 0.05) is 30.1 Å². The largest absolute Gasteiger partial charge is 0.360 e. The van der Waals surface area contributed by atoms with Gasteiger partial charge in [-0.25, -0.2) is 0 Å². The van der Waals surface area contributed by atoms with Crippen molar-refractivity contribution >= 4 is 33.6 Å². The quantitative estimate of drug-likeness (QED) is 0.421. The second-order valence-electron chi connectivity index (χ2n) is 9.46. The van der Waals surface area contributed by atoms with Crippen molar-refractivity contribution < 1.29 is 14.1 Å². The molecule has 2 heterocycles. The summed E-state index contributed by atoms with van der Waals surface area (Å²) in [6, 6.07) is 14.6. The number of aryl methyl sites for hydroxylation is 1. The molecule has 0 radical (unpaired) electrons. The van der Waals surface area contributed by atoms with Crippen LogP contribution in [0.2, 0.25) is 0 Å². The lowest BCUT2D eigenvalue weighted by Crippen LogP contribution is -2.35. The summed E-state index contributed by atoms with van der Waals surface area (Å²) in [4.78, 5) is 39.2. The molecule has 186 valence electrons. The molecule has 2 N–H and O–H groups in total. The maximum absolute atomic E-state index is 13.8. The Morgan fingerprint density at radius 2 is 1.83 bits per heavy atom. The topological polar surface area (TPSA) is 106 Å². The van der Waals surface area contributed by atoms with Crippen LogP contribution in [0.5, 0.6) is 0 Å². The zero-order valence-electron chi connectivity index (χ0n) is 20.5. The van der Waals surface area contributed by atoms with E-state index in [1.807, 2.05) is 41.8 Å². The summed E-state index contributed by atoms with van der Waals surface area (Å²) in [6.45, 7) is 4.64. The average molecular weight is 487 g/mol. The molecule has 5 rings (SSSR count). The molecule has 0 bridgehead atoms. The van der Waals surface area contributed by atoms with Crippen LogP contribution in [0.15, 0.2) is 57.8 Å². The van der Waals surface area contributed by atoms with Gasteiger partial charge in [-0.05, 0) is 63.3 Å². The second-order valence-corrected chi connectivity index (χ2v) is 9.46. The first-order valence-electron chi connectivity index (χ1n) is 12.5. The number of carbonyl (C=O) groups is 2. The van der Waals surface area contributed by atoms with Crippen LogP contribution in [-0.2, 0) is 0 Å². The van der Waals surface area contributed by atoms with E-state index in [1.54, 1.807) is 25.1 Å². The highest BCUT2D eigenvalue weighted by Crippen LogP contribution is 2.36. The number of pyridine rings is 1. The van der Waals surface area contributed by atoms with E-state index in [-0.39, 0.29) is 29.3 Å². The molecule has 1 aliphatic carbocycles. The van der Waals surface area contributed by atoms with E-state index in [0.29, 0.717) is 51.8 Å². The third kappa shape index (κ3) is 4.27. The molecule has 1 aliphatic rings. The number of fused-ring (bicyclic) bond motifs is 3. The Kier molecular flexibility index (Phi) is 6.59. The summed E-state index contributed by atoms with van der Waals surface area (Å²) >= 11 is 0. The molecule has 2 amide bonds. The fraction of sp³-hybridized carbons (Fsp3) is 0.357. The van der Waals surface area contributed by atoms with Gasteiger partial charge in [0.15, 0.2) is 0 Å². The summed E-state index contributed by atoms with van der Waals surface area (Å²) in [7, 11) is 0. The molecular weight excluding hydrogens is 456 g/mol. The molecule has 8 heteroatoms. The number of rotatable bonds is 6. The highest BCUT2D eigenvalue weighted by molar-refractivity contribution is 6.15. The monoisotopic (exact) mass is 486 g/mol. The highest BCUT2D eigenvalue weighted by Gasteiger charge is 2.29. The summed E-state index contributed by atoms with van der Waals surface area (Å²) < 4.78 is 7.26. The molecule has 2 aromatic carbocycles. The van der Waals surface area contributed by atoms with Gasteiger partial charge >= 0.3 is 0 Å². The standard InChI is InChI=1S/C28H30N4O4/c1-3-29-27(34)21-13-8-14-22-24(21)25-23(17(2)36-31-25)28(35)32(22)20-12-7-9-18(15-20)16-30-26(33)19-10-5-4-6-11-19/h4-6,8,10-11,13-14,18,20H,3,7,9,12,15-16H2,1-2H3,(H,29,34)(H,30,33). The van der Waals surface area contributed by atoms with Crippen LogP contribution >= 0.6 is 0 Å². The van der Waals surface area contributed by atoms with Crippen LogP contribution in [0.4, 0.5) is 0 Å². The van der Waals surface area contributed by atoms with Crippen LogP contribution in [0, 0.1) is 12.8 Å². The van der Waals surface area contributed by atoms with Gasteiger partial charge in [0.2, 0.25) is 0 Å². The van der Waals surface area contributed by atoms with Crippen molar-refractivity contribution in [1.82, 2.24) is 20.4 Å². The summed E-state index contributed by atoms with van der Waals surface area (Å²) in [5, 5.41) is 11.1. The Hall–Kier alpha value is -3.94. The number of carbonyl (C=O) groups excluding carboxylic acids is 2. The minimum atomic E-state index is -0.208. The van der Waals surface area contributed by atoms with Crippen molar-refractivity contribution in [2.24, 2.45) is 5.92 Å². The maximum Gasteiger partial charge on any atom is 0.264 e. The van der Waals surface area contributed by atoms with E-state index in [4.69, 9.17) is 4.52 Å². The molecule has 8 nitrogen and oxygen atoms in total. The predicted molar refractivity (Wildman–Crippen MR) is 138 cm³/mol. The van der Waals surface area contributed by atoms with Crippen LogP contribution in [-0.4, -0.2) is 34.6 Å². The van der Waals surface area contributed by atoms with Crippen molar-refractivity contribution in [3.05, 3.63) is 75.8 Å². The predicted octanol–water partition coefficient (Wildman–Crippen LogP) is 4.36. The molecule has 4 aromatic rings. The first-order chi connectivity index (χ1) is 17.5. The summed E-state index contributed by atoms with van der Waals surface area (Å²) in [6.07, 6.45) is 3.53. The van der Waals surface area contributed by atoms with Crippen molar-refractivity contribution in [3.8, 4) is 0 Å². The Morgan fingerprint density at radius 3 is 2.61 bits per heavy atom. The van der Waals surface area contributed by atoms with E-state index in [1.165, 1.54) is 0 Å². The molecule has 36 heavy (non-hydrogen) atoms. The number of nitrogens with one attached hydrogen (secondary N) is 2. The smallest absolute Gasteiger partial charge is 0.264 e. The number of hydrogen-bond acceptors (Lipinski definition) is 5. The van der Waals surface area contributed by atoms with E-state index in [0.717, 1.165) is 25.7 Å². The minimum Gasteiger partial charge on any atom is -0.360 e. The molecule has 0 spiro atoms. The molecule has 2 aromatic heterocycles. The lowest BCUT2D eigenvalue weighted by Gasteiger charge is -2.31. The van der Waals surface area contributed by atoms with Gasteiger partial charge in [-0.3, -0.25) is 14.4 Å². The van der Waals surface area contributed by atoms with E-state index in [2.05, 4.69) is 15.8 Å². The second kappa shape index (κ2) is 9.97. The van der Waals surface area contributed by atoms with E-state index in [9.17, 15) is 14.4 Å². The Balaban J connectivity index is 1.51. The highest BCUT2D eigenvalue weighted by atomic mass is 16.5. The van der Waals surface area contributed by atoms with Crippen molar-refractivity contribution in [3.63, 3.8) is 0 Å². The molecule has 0 aliphatic heterocycles. The lowest BCUT2D eigenvalue weighted by atomic mass is 9.85. The third-order valence-corrected chi connectivity index (χ3v) is 7.12. The fourth-order valence-corrected chi connectivity index (χ4v) is 5.43. The van der Waals surface area contributed by atoms with Crippen LogP contribution in [0.3, 0.4) is 0 Å². The fourth-order valence-electron chi connectivity index (χ4n) is 5.43. The molecule has 1 saturated carbocycles. The number of benzene rings is 2. The van der Waals surface area contributed by atoms with Gasteiger partial charge in [-0.15, -0.1) is 0 Å². The van der Waals surface area contributed by atoms with Gasteiger partial charge in [0.05, 0.1) is 11.1 Å². The summed E-state index contributed by atoms with van der Waals surface area (Å²) in [5.41, 5.74) is 2.07. The van der Waals surface area contributed by atoms with Crippen molar-refractivity contribution in [2.45, 2.75) is 45.6 Å². The van der Waals surface area contributed by atoms with E-state index < -0.39 is 0 Å². The maximum atomic E-state index is 13.8. The van der Waals surface area contributed by atoms with Gasteiger partial charge < -0.3 is 19.7 Å². The van der Waals surface area contributed by atoms with Gasteiger partial charge in [-0.2, -0.15) is 0 Å². The first kappa shape index (κ1) is 23.8. The lowest BCUT2D eigenvalue weighted by molar-refractivity contribution is 0.0937. The molecule has 0 saturated heterocycles. The van der Waals surface area contributed by atoms with Crippen LogP contribution < -0.4 is 16.2 Å². The van der Waals surface area contributed by atoms with Crippen molar-refractivity contribution in [2.75, 3.05) is 13.1 Å². The SMILES string of the molecule is CCNC(=O)c1cccc2c1c1noc(C)c1c(=O)n2C1CCCC(CNC(=O)c2ccccc2)C1. The van der Waals surface area contributed by atoms with E-state index >= 15 is 0 Å².